The third-order valence-corrected chi connectivity index (χ3v) is 2.87. The van der Waals surface area contributed by atoms with Crippen molar-refractivity contribution in [3.63, 3.8) is 0 Å². The summed E-state index contributed by atoms with van der Waals surface area (Å²) >= 11 is 0. The van der Waals surface area contributed by atoms with Gasteiger partial charge in [0.05, 0.1) is 18.6 Å². The molecule has 0 heterocycles. The van der Waals surface area contributed by atoms with E-state index in [1.165, 1.54) is 0 Å². The summed E-state index contributed by atoms with van der Waals surface area (Å²) in [4.78, 5) is 11.7. The molecular formula is C12H20O3. The van der Waals surface area contributed by atoms with E-state index in [9.17, 15) is 9.90 Å². The largest absolute Gasteiger partial charge is 0.466 e. The second-order valence-electron chi connectivity index (χ2n) is 4.28. The van der Waals surface area contributed by atoms with Gasteiger partial charge < -0.3 is 9.84 Å². The molecule has 3 heteroatoms. The number of hydrogen-bond acceptors (Lipinski definition) is 3. The second kappa shape index (κ2) is 5.31. The summed E-state index contributed by atoms with van der Waals surface area (Å²) in [5.74, 6) is -0.0767. The molecule has 0 amide bonds. The topological polar surface area (TPSA) is 46.5 Å². The zero-order valence-corrected chi connectivity index (χ0v) is 9.64. The Labute approximate surface area is 91.1 Å². The SMILES string of the molecule is CCOC(=O)C(C(C)O)C1C=CC(C)C1. The number of allylic oxidation sites excluding steroid dienone is 2. The van der Waals surface area contributed by atoms with Gasteiger partial charge in [0.2, 0.25) is 0 Å². The normalized spacial score (nSPS) is 28.8. The van der Waals surface area contributed by atoms with Crippen molar-refractivity contribution in [1.29, 1.82) is 0 Å². The molecule has 0 aromatic heterocycles. The van der Waals surface area contributed by atoms with Crippen LogP contribution in [-0.4, -0.2) is 23.8 Å². The summed E-state index contributed by atoms with van der Waals surface area (Å²) < 4.78 is 4.98. The third kappa shape index (κ3) is 3.06. The molecule has 0 saturated heterocycles. The standard InChI is InChI=1S/C12H20O3/c1-4-15-12(14)11(9(3)13)10-6-5-8(2)7-10/h5-6,8-11,13H,4,7H2,1-3H3. The highest BCUT2D eigenvalue weighted by atomic mass is 16.5. The van der Waals surface area contributed by atoms with Gasteiger partial charge in [0.25, 0.3) is 0 Å². The van der Waals surface area contributed by atoms with Crippen LogP contribution in [-0.2, 0) is 9.53 Å². The molecule has 0 aromatic rings. The fourth-order valence-corrected chi connectivity index (χ4v) is 2.15. The molecule has 0 radical (unpaired) electrons. The average molecular weight is 212 g/mol. The molecule has 4 atom stereocenters. The van der Waals surface area contributed by atoms with Crippen LogP contribution in [0, 0.1) is 17.8 Å². The smallest absolute Gasteiger partial charge is 0.312 e. The minimum Gasteiger partial charge on any atom is -0.466 e. The maximum atomic E-state index is 11.7. The first-order chi connectivity index (χ1) is 7.06. The van der Waals surface area contributed by atoms with Gasteiger partial charge in [0, 0.05) is 0 Å². The number of carbonyl (C=O) groups excluding carboxylic acids is 1. The van der Waals surface area contributed by atoms with Gasteiger partial charge in [0.15, 0.2) is 0 Å². The van der Waals surface area contributed by atoms with Crippen LogP contribution in [0.4, 0.5) is 0 Å². The number of carbonyl (C=O) groups is 1. The zero-order chi connectivity index (χ0) is 11.4. The van der Waals surface area contributed by atoms with Crippen molar-refractivity contribution in [1.82, 2.24) is 0 Å². The van der Waals surface area contributed by atoms with Crippen LogP contribution in [0.15, 0.2) is 12.2 Å². The van der Waals surface area contributed by atoms with Crippen molar-refractivity contribution in [2.24, 2.45) is 17.8 Å². The Morgan fingerprint density at radius 1 is 1.60 bits per heavy atom. The maximum absolute atomic E-state index is 11.7. The Morgan fingerprint density at radius 3 is 2.67 bits per heavy atom. The van der Waals surface area contributed by atoms with Gasteiger partial charge in [-0.3, -0.25) is 4.79 Å². The Hall–Kier alpha value is -0.830. The van der Waals surface area contributed by atoms with E-state index < -0.39 is 12.0 Å². The molecule has 1 N–H and O–H groups in total. The number of esters is 1. The van der Waals surface area contributed by atoms with E-state index in [2.05, 4.69) is 13.0 Å². The van der Waals surface area contributed by atoms with Crippen LogP contribution in [0.5, 0.6) is 0 Å². The van der Waals surface area contributed by atoms with Gasteiger partial charge in [-0.15, -0.1) is 0 Å². The summed E-state index contributed by atoms with van der Waals surface area (Å²) in [6.45, 7) is 5.91. The van der Waals surface area contributed by atoms with Crippen LogP contribution in [0.2, 0.25) is 0 Å². The maximum Gasteiger partial charge on any atom is 0.312 e. The highest BCUT2D eigenvalue weighted by molar-refractivity contribution is 5.73. The van der Waals surface area contributed by atoms with Gasteiger partial charge in [-0.05, 0) is 32.1 Å². The predicted octanol–water partition coefficient (Wildman–Crippen LogP) is 1.76. The fraction of sp³-hybridized carbons (Fsp3) is 0.750. The minimum absolute atomic E-state index is 0.124. The van der Waals surface area contributed by atoms with Gasteiger partial charge >= 0.3 is 5.97 Å². The number of ether oxygens (including phenoxy) is 1. The molecule has 15 heavy (non-hydrogen) atoms. The molecule has 1 aliphatic rings. The Morgan fingerprint density at radius 2 is 2.27 bits per heavy atom. The molecule has 0 fully saturated rings. The summed E-state index contributed by atoms with van der Waals surface area (Å²) in [5.41, 5.74) is 0. The van der Waals surface area contributed by atoms with Crippen molar-refractivity contribution >= 4 is 5.97 Å². The first-order valence-corrected chi connectivity index (χ1v) is 5.59. The van der Waals surface area contributed by atoms with Crippen molar-refractivity contribution < 1.29 is 14.6 Å². The highest BCUT2D eigenvalue weighted by Crippen LogP contribution is 2.31. The van der Waals surface area contributed by atoms with Gasteiger partial charge in [-0.1, -0.05) is 19.1 Å². The third-order valence-electron chi connectivity index (χ3n) is 2.87. The Kier molecular flexibility index (Phi) is 4.33. The van der Waals surface area contributed by atoms with Crippen molar-refractivity contribution in [3.05, 3.63) is 12.2 Å². The van der Waals surface area contributed by atoms with Crippen molar-refractivity contribution in [2.45, 2.75) is 33.3 Å². The molecule has 0 saturated carbocycles. The number of hydrogen-bond donors (Lipinski definition) is 1. The average Bonchev–Trinajstić information content (AvgIpc) is 2.51. The molecule has 0 bridgehead atoms. The number of aliphatic hydroxyl groups excluding tert-OH is 1. The van der Waals surface area contributed by atoms with Crippen LogP contribution in [0.1, 0.15) is 27.2 Å². The van der Waals surface area contributed by atoms with E-state index in [0.717, 1.165) is 6.42 Å². The van der Waals surface area contributed by atoms with Gasteiger partial charge in [0.1, 0.15) is 0 Å². The summed E-state index contributed by atoms with van der Waals surface area (Å²) in [6.07, 6.45) is 4.40. The molecule has 1 aliphatic carbocycles. The Balaban J connectivity index is 2.66. The molecular weight excluding hydrogens is 192 g/mol. The lowest BCUT2D eigenvalue weighted by atomic mass is 9.86. The quantitative estimate of drug-likeness (QED) is 0.570. The lowest BCUT2D eigenvalue weighted by Gasteiger charge is -2.23. The first kappa shape index (κ1) is 12.2. The van der Waals surface area contributed by atoms with Crippen LogP contribution < -0.4 is 0 Å². The molecule has 0 aliphatic heterocycles. The monoisotopic (exact) mass is 212 g/mol. The lowest BCUT2D eigenvalue weighted by Crippen LogP contribution is -2.33. The predicted molar refractivity (Wildman–Crippen MR) is 58.2 cm³/mol. The summed E-state index contributed by atoms with van der Waals surface area (Å²) in [7, 11) is 0. The van der Waals surface area contributed by atoms with E-state index >= 15 is 0 Å². The minimum atomic E-state index is -0.649. The molecule has 4 unspecified atom stereocenters. The molecule has 3 nitrogen and oxygen atoms in total. The number of rotatable bonds is 4. The van der Waals surface area contributed by atoms with E-state index in [1.807, 2.05) is 6.08 Å². The molecule has 1 rings (SSSR count). The van der Waals surface area contributed by atoms with Crippen molar-refractivity contribution in [2.75, 3.05) is 6.61 Å². The molecule has 0 aromatic carbocycles. The van der Waals surface area contributed by atoms with Gasteiger partial charge in [-0.25, -0.2) is 0 Å². The van der Waals surface area contributed by atoms with E-state index in [0.29, 0.717) is 12.5 Å². The molecule has 0 spiro atoms. The molecule has 86 valence electrons. The highest BCUT2D eigenvalue weighted by Gasteiger charge is 2.34. The van der Waals surface area contributed by atoms with Gasteiger partial charge in [-0.2, -0.15) is 0 Å². The number of aliphatic hydroxyl groups is 1. The summed E-state index contributed by atoms with van der Waals surface area (Å²) in [5, 5.41) is 9.62. The first-order valence-electron chi connectivity index (χ1n) is 5.59. The van der Waals surface area contributed by atoms with Crippen LogP contribution in [0.25, 0.3) is 0 Å². The van der Waals surface area contributed by atoms with E-state index in [4.69, 9.17) is 4.74 Å². The fourth-order valence-electron chi connectivity index (χ4n) is 2.15. The second-order valence-corrected chi connectivity index (χ2v) is 4.28. The Bertz CT molecular complexity index is 245. The van der Waals surface area contributed by atoms with Crippen LogP contribution in [0.3, 0.4) is 0 Å². The van der Waals surface area contributed by atoms with E-state index in [1.54, 1.807) is 13.8 Å². The summed E-state index contributed by atoms with van der Waals surface area (Å²) in [6, 6.07) is 0. The zero-order valence-electron chi connectivity index (χ0n) is 9.64. The van der Waals surface area contributed by atoms with E-state index in [-0.39, 0.29) is 11.9 Å². The van der Waals surface area contributed by atoms with Crippen molar-refractivity contribution in [3.8, 4) is 0 Å². The lowest BCUT2D eigenvalue weighted by molar-refractivity contribution is -0.153. The van der Waals surface area contributed by atoms with Crippen LogP contribution >= 0.6 is 0 Å².